The van der Waals surface area contributed by atoms with E-state index in [2.05, 4.69) is 0 Å². The third-order valence-corrected chi connectivity index (χ3v) is 4.11. The summed E-state index contributed by atoms with van der Waals surface area (Å²) in [6.07, 6.45) is 4.00. The van der Waals surface area contributed by atoms with Crippen LogP contribution in [0.3, 0.4) is 0 Å². The Bertz CT molecular complexity index is 729. The van der Waals surface area contributed by atoms with Crippen molar-refractivity contribution in [1.29, 1.82) is 0 Å². The summed E-state index contributed by atoms with van der Waals surface area (Å²) in [6.45, 7) is 1.02. The number of carbonyl (C=O) groups excluding carboxylic acids is 2. The van der Waals surface area contributed by atoms with E-state index in [0.717, 1.165) is 19.4 Å². The number of carbonyl (C=O) groups is 2. The van der Waals surface area contributed by atoms with Crippen molar-refractivity contribution in [2.24, 2.45) is 7.05 Å². The molecular weight excluding hydrogens is 322 g/mol. The molecule has 6 nitrogen and oxygen atoms in total. The van der Waals surface area contributed by atoms with Gasteiger partial charge in [-0.15, -0.1) is 0 Å². The lowest BCUT2D eigenvalue weighted by molar-refractivity contribution is 0.0472. The van der Waals surface area contributed by atoms with Crippen molar-refractivity contribution in [2.75, 3.05) is 19.8 Å². The minimum Gasteiger partial charge on any atom is -0.491 e. The van der Waals surface area contributed by atoms with E-state index in [1.54, 1.807) is 54.2 Å². The number of nitrogens with zero attached hydrogens (tertiary/aromatic N) is 1. The second-order valence-corrected chi connectivity index (χ2v) is 5.97. The highest BCUT2D eigenvalue weighted by atomic mass is 16.5. The number of benzene rings is 1. The van der Waals surface area contributed by atoms with Crippen LogP contribution in [-0.2, 0) is 16.5 Å². The van der Waals surface area contributed by atoms with Crippen molar-refractivity contribution in [3.8, 4) is 5.75 Å². The van der Waals surface area contributed by atoms with E-state index < -0.39 is 5.97 Å². The molecule has 0 spiro atoms. The molecule has 132 valence electrons. The number of ketones is 1. The van der Waals surface area contributed by atoms with Gasteiger partial charge in [-0.1, -0.05) is 0 Å². The standard InChI is InChI=1S/C19H21NO5/c1-20-10-2-5-17(20)18(21)13-25-19(22)14-6-8-15(9-7-14)24-12-16-4-3-11-23-16/h2,5-10,16H,3-4,11-13H2,1H3. The number of aromatic nitrogens is 1. The van der Waals surface area contributed by atoms with Gasteiger partial charge >= 0.3 is 5.97 Å². The van der Waals surface area contributed by atoms with E-state index in [9.17, 15) is 9.59 Å². The number of Topliss-reactive ketones (excluding diaryl/α,β-unsaturated/α-hetero) is 1. The third-order valence-electron chi connectivity index (χ3n) is 4.11. The molecule has 0 aliphatic carbocycles. The summed E-state index contributed by atoms with van der Waals surface area (Å²) in [6, 6.07) is 10.1. The van der Waals surface area contributed by atoms with Crippen molar-refractivity contribution in [1.82, 2.24) is 4.57 Å². The van der Waals surface area contributed by atoms with Gasteiger partial charge in [0, 0.05) is 19.9 Å². The van der Waals surface area contributed by atoms with E-state index in [0.29, 0.717) is 23.6 Å². The fourth-order valence-corrected chi connectivity index (χ4v) is 2.69. The normalized spacial score (nSPS) is 16.6. The molecule has 1 aliphatic rings. The monoisotopic (exact) mass is 343 g/mol. The second kappa shape index (κ2) is 7.98. The average Bonchev–Trinajstić information content (AvgIpc) is 3.29. The molecule has 1 aliphatic heterocycles. The van der Waals surface area contributed by atoms with Gasteiger partial charge in [0.2, 0.25) is 5.78 Å². The number of hydrogen-bond acceptors (Lipinski definition) is 5. The molecule has 6 heteroatoms. The number of hydrogen-bond donors (Lipinski definition) is 0. The second-order valence-electron chi connectivity index (χ2n) is 5.97. The van der Waals surface area contributed by atoms with Gasteiger partial charge in [-0.25, -0.2) is 4.79 Å². The Hall–Kier alpha value is -2.60. The maximum atomic E-state index is 12.0. The number of esters is 1. The molecule has 0 bridgehead atoms. The van der Waals surface area contributed by atoms with Crippen molar-refractivity contribution >= 4 is 11.8 Å². The van der Waals surface area contributed by atoms with E-state index in [4.69, 9.17) is 14.2 Å². The predicted molar refractivity (Wildman–Crippen MR) is 90.9 cm³/mol. The lowest BCUT2D eigenvalue weighted by atomic mass is 10.2. The van der Waals surface area contributed by atoms with Crippen LogP contribution in [0.15, 0.2) is 42.6 Å². The number of aryl methyl sites for hydroxylation is 1. The van der Waals surface area contributed by atoms with Gasteiger partial charge in [-0.05, 0) is 49.2 Å². The van der Waals surface area contributed by atoms with Gasteiger partial charge in [0.1, 0.15) is 12.4 Å². The fraction of sp³-hybridized carbons (Fsp3) is 0.368. The Morgan fingerprint density at radius 2 is 2.04 bits per heavy atom. The van der Waals surface area contributed by atoms with Crippen molar-refractivity contribution in [3.05, 3.63) is 53.9 Å². The predicted octanol–water partition coefficient (Wildman–Crippen LogP) is 2.62. The van der Waals surface area contributed by atoms with Crippen LogP contribution >= 0.6 is 0 Å². The SMILES string of the molecule is Cn1cccc1C(=O)COC(=O)c1ccc(OCC2CCCO2)cc1. The zero-order valence-corrected chi connectivity index (χ0v) is 14.1. The van der Waals surface area contributed by atoms with E-state index >= 15 is 0 Å². The van der Waals surface area contributed by atoms with Gasteiger partial charge in [-0.3, -0.25) is 4.79 Å². The zero-order valence-electron chi connectivity index (χ0n) is 14.1. The van der Waals surface area contributed by atoms with Crippen LogP contribution in [0.5, 0.6) is 5.75 Å². The molecule has 25 heavy (non-hydrogen) atoms. The van der Waals surface area contributed by atoms with Gasteiger partial charge in [0.25, 0.3) is 0 Å². The zero-order chi connectivity index (χ0) is 17.6. The smallest absolute Gasteiger partial charge is 0.338 e. The summed E-state index contributed by atoms with van der Waals surface area (Å²) >= 11 is 0. The molecule has 1 aromatic carbocycles. The maximum absolute atomic E-state index is 12.0. The van der Waals surface area contributed by atoms with Gasteiger partial charge in [-0.2, -0.15) is 0 Å². The van der Waals surface area contributed by atoms with Crippen LogP contribution in [0, 0.1) is 0 Å². The Labute approximate surface area is 146 Å². The number of rotatable bonds is 7. The number of ether oxygens (including phenoxy) is 3. The van der Waals surface area contributed by atoms with Crippen LogP contribution in [0.4, 0.5) is 0 Å². The average molecular weight is 343 g/mol. The summed E-state index contributed by atoms with van der Waals surface area (Å²) in [5.41, 5.74) is 0.884. The summed E-state index contributed by atoms with van der Waals surface area (Å²) < 4.78 is 17.9. The Balaban J connectivity index is 1.48. The lowest BCUT2D eigenvalue weighted by Gasteiger charge is -2.11. The van der Waals surface area contributed by atoms with Crippen LogP contribution in [0.25, 0.3) is 0 Å². The first kappa shape index (κ1) is 17.2. The molecule has 0 N–H and O–H groups in total. The summed E-state index contributed by atoms with van der Waals surface area (Å²) in [7, 11) is 1.77. The maximum Gasteiger partial charge on any atom is 0.338 e. The first-order chi connectivity index (χ1) is 12.1. The van der Waals surface area contributed by atoms with E-state index in [1.807, 2.05) is 0 Å². The molecule has 1 saturated heterocycles. The Morgan fingerprint density at radius 3 is 2.68 bits per heavy atom. The van der Waals surface area contributed by atoms with Crippen molar-refractivity contribution in [2.45, 2.75) is 18.9 Å². The van der Waals surface area contributed by atoms with Crippen LogP contribution in [0.1, 0.15) is 33.7 Å². The highest BCUT2D eigenvalue weighted by Crippen LogP contribution is 2.17. The highest BCUT2D eigenvalue weighted by Gasteiger charge is 2.16. The molecule has 1 atom stereocenters. The summed E-state index contributed by atoms with van der Waals surface area (Å²) in [5, 5.41) is 0. The molecular formula is C19H21NO5. The topological polar surface area (TPSA) is 66.8 Å². The molecule has 0 amide bonds. The molecule has 1 aromatic heterocycles. The molecule has 1 unspecified atom stereocenters. The van der Waals surface area contributed by atoms with Crippen molar-refractivity contribution in [3.63, 3.8) is 0 Å². The van der Waals surface area contributed by atoms with E-state index in [-0.39, 0.29) is 18.5 Å². The Morgan fingerprint density at radius 1 is 1.24 bits per heavy atom. The van der Waals surface area contributed by atoms with Crippen LogP contribution in [0.2, 0.25) is 0 Å². The fourth-order valence-electron chi connectivity index (χ4n) is 2.69. The van der Waals surface area contributed by atoms with Gasteiger partial charge < -0.3 is 18.8 Å². The summed E-state index contributed by atoms with van der Waals surface area (Å²) in [5.74, 6) is -0.0995. The van der Waals surface area contributed by atoms with E-state index in [1.165, 1.54) is 0 Å². The van der Waals surface area contributed by atoms with Crippen LogP contribution < -0.4 is 4.74 Å². The lowest BCUT2D eigenvalue weighted by Crippen LogP contribution is -2.17. The van der Waals surface area contributed by atoms with Gasteiger partial charge in [0.15, 0.2) is 6.61 Å². The summed E-state index contributed by atoms with van der Waals surface area (Å²) in [4.78, 5) is 24.0. The quantitative estimate of drug-likeness (QED) is 0.571. The Kier molecular flexibility index (Phi) is 5.50. The minimum atomic E-state index is -0.534. The largest absolute Gasteiger partial charge is 0.491 e. The molecule has 2 aromatic rings. The van der Waals surface area contributed by atoms with Crippen molar-refractivity contribution < 1.29 is 23.8 Å². The third kappa shape index (κ3) is 4.48. The highest BCUT2D eigenvalue weighted by molar-refractivity contribution is 5.98. The minimum absolute atomic E-state index is 0.146. The molecule has 2 heterocycles. The molecule has 0 saturated carbocycles. The first-order valence-corrected chi connectivity index (χ1v) is 8.29. The molecule has 1 fully saturated rings. The first-order valence-electron chi connectivity index (χ1n) is 8.29. The molecule has 0 radical (unpaired) electrons. The molecule has 3 rings (SSSR count). The van der Waals surface area contributed by atoms with Crippen LogP contribution in [-0.4, -0.2) is 42.2 Å². The van der Waals surface area contributed by atoms with Gasteiger partial charge in [0.05, 0.1) is 17.4 Å².